The molecule has 1 N–H and O–H groups in total. The molecule has 0 unspecified atom stereocenters. The number of ether oxygens (including phenoxy) is 1. The maximum absolute atomic E-state index is 13.0. The lowest BCUT2D eigenvalue weighted by molar-refractivity contribution is 0.0583. The van der Waals surface area contributed by atoms with Crippen LogP contribution in [0.2, 0.25) is 0 Å². The summed E-state index contributed by atoms with van der Waals surface area (Å²) in [5.41, 5.74) is 0.407. The third-order valence-corrected chi connectivity index (χ3v) is 6.26. The second-order valence-electron chi connectivity index (χ2n) is 7.21. The number of nitrogens with zero attached hydrogens (tertiary/aromatic N) is 3. The van der Waals surface area contributed by atoms with Crippen molar-refractivity contribution < 1.29 is 14.3 Å². The maximum atomic E-state index is 13.0. The van der Waals surface area contributed by atoms with Gasteiger partial charge in [0.15, 0.2) is 0 Å². The summed E-state index contributed by atoms with van der Waals surface area (Å²) in [5.74, 6) is 0.353. The number of rotatable bonds is 5. The monoisotopic (exact) mass is 426 g/mol. The minimum Gasteiger partial charge on any atom is -0.465 e. The number of amides is 1. The molecule has 1 amide bonds. The van der Waals surface area contributed by atoms with Crippen LogP contribution in [-0.4, -0.2) is 51.7 Å². The number of hydrogen-bond acceptors (Lipinski definition) is 6. The topological polar surface area (TPSA) is 97.3 Å². The number of hydrogen-bond donors (Lipinski definition) is 1. The van der Waals surface area contributed by atoms with E-state index in [-0.39, 0.29) is 17.2 Å². The number of thiophene rings is 1. The summed E-state index contributed by atoms with van der Waals surface area (Å²) in [6.45, 7) is 1.18. The van der Waals surface area contributed by atoms with Gasteiger partial charge in [0.2, 0.25) is 0 Å². The largest absolute Gasteiger partial charge is 0.465 e. The van der Waals surface area contributed by atoms with Crippen LogP contribution < -0.4 is 5.69 Å². The molecule has 156 valence electrons. The van der Waals surface area contributed by atoms with Gasteiger partial charge in [-0.3, -0.25) is 4.79 Å². The highest BCUT2D eigenvalue weighted by Gasteiger charge is 2.27. The van der Waals surface area contributed by atoms with Crippen LogP contribution in [-0.2, 0) is 11.2 Å². The molecule has 2 aromatic heterocycles. The fraction of sp³-hybridized carbons (Fsp3) is 0.333. The molecular weight excluding hydrogens is 404 g/mol. The third-order valence-electron chi connectivity index (χ3n) is 5.40. The van der Waals surface area contributed by atoms with Crippen LogP contribution in [0, 0.1) is 5.92 Å². The molecule has 3 aromatic rings. The SMILES string of the molecule is COC(=O)c1ccccc1C(=O)N1CCC(Cc2n[nH]c(=O)n2-c2cccs2)CC1. The third kappa shape index (κ3) is 3.93. The number of H-pyrrole nitrogens is 1. The van der Waals surface area contributed by atoms with E-state index in [1.165, 1.54) is 18.4 Å². The lowest BCUT2D eigenvalue weighted by atomic mass is 9.92. The molecule has 1 aromatic carbocycles. The molecule has 0 saturated carbocycles. The number of aromatic nitrogens is 3. The summed E-state index contributed by atoms with van der Waals surface area (Å²) < 4.78 is 6.41. The predicted molar refractivity (Wildman–Crippen MR) is 112 cm³/mol. The molecule has 9 heteroatoms. The van der Waals surface area contributed by atoms with Crippen LogP contribution in [0.4, 0.5) is 0 Å². The van der Waals surface area contributed by atoms with E-state index >= 15 is 0 Å². The predicted octanol–water partition coefficient (Wildman–Crippen LogP) is 2.50. The van der Waals surface area contributed by atoms with Crippen molar-refractivity contribution in [2.75, 3.05) is 20.2 Å². The average Bonchev–Trinajstić information content (AvgIpc) is 3.43. The Morgan fingerprint density at radius 3 is 2.57 bits per heavy atom. The summed E-state index contributed by atoms with van der Waals surface area (Å²) >= 11 is 1.49. The number of benzene rings is 1. The van der Waals surface area contributed by atoms with E-state index in [0.717, 1.165) is 17.8 Å². The Morgan fingerprint density at radius 1 is 1.17 bits per heavy atom. The molecule has 3 heterocycles. The Kier molecular flexibility index (Phi) is 5.80. The number of carbonyl (C=O) groups is 2. The first-order valence-corrected chi connectivity index (χ1v) is 10.6. The number of aromatic amines is 1. The van der Waals surface area contributed by atoms with Crippen molar-refractivity contribution in [1.82, 2.24) is 19.7 Å². The number of carbonyl (C=O) groups excluding carboxylic acids is 2. The van der Waals surface area contributed by atoms with E-state index in [9.17, 15) is 14.4 Å². The van der Waals surface area contributed by atoms with Gasteiger partial charge in [-0.2, -0.15) is 5.10 Å². The van der Waals surface area contributed by atoms with Gasteiger partial charge >= 0.3 is 11.7 Å². The Balaban J connectivity index is 1.43. The van der Waals surface area contributed by atoms with E-state index in [1.807, 2.05) is 17.5 Å². The number of methoxy groups -OCH3 is 1. The zero-order valence-electron chi connectivity index (χ0n) is 16.5. The Hall–Kier alpha value is -3.20. The van der Waals surface area contributed by atoms with Gasteiger partial charge in [0.1, 0.15) is 10.8 Å². The van der Waals surface area contributed by atoms with Crippen LogP contribution in [0.1, 0.15) is 39.4 Å². The summed E-state index contributed by atoms with van der Waals surface area (Å²) in [7, 11) is 1.31. The lowest BCUT2D eigenvalue weighted by Crippen LogP contribution is -2.39. The van der Waals surface area contributed by atoms with Gasteiger partial charge in [0.25, 0.3) is 5.91 Å². The van der Waals surface area contributed by atoms with Crippen LogP contribution in [0.25, 0.3) is 5.00 Å². The van der Waals surface area contributed by atoms with Crippen molar-refractivity contribution in [2.45, 2.75) is 19.3 Å². The first-order valence-electron chi connectivity index (χ1n) is 9.75. The fourth-order valence-corrected chi connectivity index (χ4v) is 4.56. The van der Waals surface area contributed by atoms with Gasteiger partial charge in [-0.05, 0) is 48.4 Å². The Morgan fingerprint density at radius 2 is 1.90 bits per heavy atom. The standard InChI is InChI=1S/C21H22N4O4S/c1-29-20(27)16-6-3-2-5-15(16)19(26)24-10-8-14(9-11-24)13-17-22-23-21(28)25(17)18-7-4-12-30-18/h2-7,12,14H,8-11,13H2,1H3,(H,23,28). The molecule has 0 radical (unpaired) electrons. The van der Waals surface area contributed by atoms with Crippen LogP contribution in [0.5, 0.6) is 0 Å². The first kappa shape index (κ1) is 20.1. The van der Waals surface area contributed by atoms with E-state index < -0.39 is 5.97 Å². The summed E-state index contributed by atoms with van der Waals surface area (Å²) in [6, 6.07) is 10.5. The molecule has 0 aliphatic carbocycles. The molecule has 0 atom stereocenters. The summed E-state index contributed by atoms with van der Waals surface area (Å²) in [4.78, 5) is 38.9. The molecule has 1 aliphatic rings. The molecule has 1 saturated heterocycles. The van der Waals surface area contributed by atoms with Crippen molar-refractivity contribution in [3.8, 4) is 5.00 Å². The van der Waals surface area contributed by atoms with E-state index in [4.69, 9.17) is 4.74 Å². The molecule has 1 fully saturated rings. The molecule has 30 heavy (non-hydrogen) atoms. The summed E-state index contributed by atoms with van der Waals surface area (Å²) in [5, 5.41) is 9.52. The molecule has 0 bridgehead atoms. The molecule has 4 rings (SSSR count). The van der Waals surface area contributed by atoms with E-state index in [1.54, 1.807) is 33.7 Å². The molecule has 8 nitrogen and oxygen atoms in total. The zero-order valence-corrected chi connectivity index (χ0v) is 17.4. The zero-order chi connectivity index (χ0) is 21.1. The van der Waals surface area contributed by atoms with E-state index in [2.05, 4.69) is 10.2 Å². The fourth-order valence-electron chi connectivity index (χ4n) is 3.82. The van der Waals surface area contributed by atoms with Gasteiger partial charge in [-0.25, -0.2) is 19.3 Å². The second kappa shape index (κ2) is 8.66. The van der Waals surface area contributed by atoms with Gasteiger partial charge in [0.05, 0.1) is 18.2 Å². The van der Waals surface area contributed by atoms with Crippen LogP contribution in [0.3, 0.4) is 0 Å². The van der Waals surface area contributed by atoms with E-state index in [0.29, 0.717) is 36.8 Å². The van der Waals surface area contributed by atoms with Crippen molar-refractivity contribution >= 4 is 23.2 Å². The second-order valence-corrected chi connectivity index (χ2v) is 8.13. The van der Waals surface area contributed by atoms with Crippen molar-refractivity contribution in [1.29, 1.82) is 0 Å². The number of esters is 1. The van der Waals surface area contributed by atoms with Crippen molar-refractivity contribution in [3.05, 3.63) is 69.2 Å². The number of likely N-dealkylation sites (tertiary alicyclic amines) is 1. The van der Waals surface area contributed by atoms with Crippen LogP contribution in [0.15, 0.2) is 46.6 Å². The Labute approximate surface area is 177 Å². The highest BCUT2D eigenvalue weighted by Crippen LogP contribution is 2.24. The van der Waals surface area contributed by atoms with Crippen LogP contribution >= 0.6 is 11.3 Å². The molecule has 1 aliphatic heterocycles. The van der Waals surface area contributed by atoms with Gasteiger partial charge in [-0.15, -0.1) is 11.3 Å². The highest BCUT2D eigenvalue weighted by molar-refractivity contribution is 7.12. The van der Waals surface area contributed by atoms with Gasteiger partial charge in [-0.1, -0.05) is 12.1 Å². The maximum Gasteiger partial charge on any atom is 0.348 e. The minimum atomic E-state index is -0.515. The normalized spacial score (nSPS) is 14.6. The van der Waals surface area contributed by atoms with Crippen molar-refractivity contribution in [3.63, 3.8) is 0 Å². The van der Waals surface area contributed by atoms with Gasteiger partial charge < -0.3 is 9.64 Å². The Bertz CT molecular complexity index is 1090. The van der Waals surface area contributed by atoms with Crippen molar-refractivity contribution in [2.24, 2.45) is 5.92 Å². The molecular formula is C21H22N4O4S. The number of nitrogens with one attached hydrogen (secondary N) is 1. The average molecular weight is 426 g/mol. The minimum absolute atomic E-state index is 0.162. The lowest BCUT2D eigenvalue weighted by Gasteiger charge is -2.32. The first-order chi connectivity index (χ1) is 14.6. The summed E-state index contributed by atoms with van der Waals surface area (Å²) in [6.07, 6.45) is 2.27. The quantitative estimate of drug-likeness (QED) is 0.632. The molecule has 0 spiro atoms. The smallest absolute Gasteiger partial charge is 0.348 e. The number of piperidine rings is 1. The highest BCUT2D eigenvalue weighted by atomic mass is 32.1. The van der Waals surface area contributed by atoms with Gasteiger partial charge in [0, 0.05) is 19.5 Å².